The number of hydrogen-bond acceptors (Lipinski definition) is 4. The van der Waals surface area contributed by atoms with Crippen LogP contribution in [0.5, 0.6) is 0 Å². The average molecular weight is 273 g/mol. The Morgan fingerprint density at radius 1 is 1.50 bits per heavy atom. The van der Waals surface area contributed by atoms with Crippen molar-refractivity contribution in [3.8, 4) is 0 Å². The van der Waals surface area contributed by atoms with Gasteiger partial charge in [-0.15, -0.1) is 12.4 Å². The maximum Gasteiger partial charge on any atom is 0.0867 e. The van der Waals surface area contributed by atoms with Crippen molar-refractivity contribution in [1.29, 1.82) is 0 Å². The first kappa shape index (κ1) is 13.8. The Labute approximate surface area is 114 Å². The van der Waals surface area contributed by atoms with Crippen LogP contribution in [0.25, 0.3) is 0 Å². The van der Waals surface area contributed by atoms with Crippen LogP contribution in [-0.4, -0.2) is 53.1 Å². The van der Waals surface area contributed by atoms with E-state index in [9.17, 15) is 0 Å². The normalized spacial score (nSPS) is 27.8. The summed E-state index contributed by atoms with van der Waals surface area (Å²) in [6.07, 6.45) is 2.27. The molecular formula is C12H21ClN4O. The zero-order valence-electron chi connectivity index (χ0n) is 10.7. The van der Waals surface area contributed by atoms with E-state index in [4.69, 9.17) is 4.74 Å². The van der Waals surface area contributed by atoms with Gasteiger partial charge < -0.3 is 10.1 Å². The second-order valence-electron chi connectivity index (χ2n) is 4.74. The third-order valence-corrected chi connectivity index (χ3v) is 3.78. The zero-order valence-corrected chi connectivity index (χ0v) is 11.5. The van der Waals surface area contributed by atoms with Gasteiger partial charge in [0.25, 0.3) is 0 Å². The van der Waals surface area contributed by atoms with Gasteiger partial charge in [0.2, 0.25) is 0 Å². The van der Waals surface area contributed by atoms with Gasteiger partial charge in [-0.2, -0.15) is 5.10 Å². The topological polar surface area (TPSA) is 42.3 Å². The molecule has 18 heavy (non-hydrogen) atoms. The molecule has 2 fully saturated rings. The predicted octanol–water partition coefficient (Wildman–Crippen LogP) is 0.497. The Kier molecular flexibility index (Phi) is 4.61. The van der Waals surface area contributed by atoms with Gasteiger partial charge in [0.05, 0.1) is 24.4 Å². The van der Waals surface area contributed by atoms with E-state index < -0.39 is 0 Å². The Hall–Kier alpha value is -0.620. The fourth-order valence-electron chi connectivity index (χ4n) is 2.85. The number of aromatic nitrogens is 2. The lowest BCUT2D eigenvalue weighted by Gasteiger charge is -2.36. The summed E-state index contributed by atoms with van der Waals surface area (Å²) in [6, 6.07) is 2.65. The molecule has 0 spiro atoms. The maximum atomic E-state index is 5.78. The molecule has 0 aliphatic carbocycles. The number of ether oxygens (including phenoxy) is 1. The standard InChI is InChI=1S/C12H20N4O.ClH/c1-2-16-10(3-4-14-16)9-15-5-6-17-12-8-13-7-11(12)15;/h3-4,11-13H,2,5-9H2,1H3;1H/t11-,12+;/m1./s1. The molecule has 2 aliphatic rings. The Bertz CT molecular complexity index is 384. The summed E-state index contributed by atoms with van der Waals surface area (Å²) in [4.78, 5) is 2.53. The van der Waals surface area contributed by atoms with E-state index in [-0.39, 0.29) is 12.4 Å². The minimum atomic E-state index is 0. The summed E-state index contributed by atoms with van der Waals surface area (Å²) in [7, 11) is 0. The highest BCUT2D eigenvalue weighted by atomic mass is 35.5. The van der Waals surface area contributed by atoms with Gasteiger partial charge in [-0.3, -0.25) is 9.58 Å². The quantitative estimate of drug-likeness (QED) is 0.870. The van der Waals surface area contributed by atoms with Crippen molar-refractivity contribution < 1.29 is 4.74 Å². The molecule has 0 saturated carbocycles. The monoisotopic (exact) mass is 272 g/mol. The van der Waals surface area contributed by atoms with Crippen molar-refractivity contribution >= 4 is 12.4 Å². The van der Waals surface area contributed by atoms with Crippen LogP contribution in [0.4, 0.5) is 0 Å². The zero-order chi connectivity index (χ0) is 11.7. The molecule has 1 aromatic rings. The molecule has 1 N–H and O–H groups in total. The summed E-state index contributed by atoms with van der Waals surface area (Å²) in [6.45, 7) is 7.98. The summed E-state index contributed by atoms with van der Waals surface area (Å²) >= 11 is 0. The van der Waals surface area contributed by atoms with Crippen molar-refractivity contribution in [2.24, 2.45) is 0 Å². The van der Waals surface area contributed by atoms with Crippen LogP contribution in [0.15, 0.2) is 12.3 Å². The highest BCUT2D eigenvalue weighted by Gasteiger charge is 2.36. The first-order valence-electron chi connectivity index (χ1n) is 6.45. The fourth-order valence-corrected chi connectivity index (χ4v) is 2.85. The highest BCUT2D eigenvalue weighted by Crippen LogP contribution is 2.19. The van der Waals surface area contributed by atoms with Crippen LogP contribution in [0, 0.1) is 0 Å². The fraction of sp³-hybridized carbons (Fsp3) is 0.750. The molecular weight excluding hydrogens is 252 g/mol. The molecule has 0 amide bonds. The predicted molar refractivity (Wildman–Crippen MR) is 72.0 cm³/mol. The molecule has 2 atom stereocenters. The second kappa shape index (κ2) is 6.02. The summed E-state index contributed by atoms with van der Waals surface area (Å²) in [5.41, 5.74) is 1.31. The van der Waals surface area contributed by atoms with Crippen molar-refractivity contribution in [3.05, 3.63) is 18.0 Å². The van der Waals surface area contributed by atoms with Gasteiger partial charge in [-0.25, -0.2) is 0 Å². The molecule has 0 radical (unpaired) electrons. The van der Waals surface area contributed by atoms with Gasteiger partial charge >= 0.3 is 0 Å². The molecule has 5 nitrogen and oxygen atoms in total. The summed E-state index contributed by atoms with van der Waals surface area (Å²) < 4.78 is 7.86. The molecule has 102 valence electrons. The molecule has 0 unspecified atom stereocenters. The van der Waals surface area contributed by atoms with Crippen molar-refractivity contribution in [2.45, 2.75) is 32.2 Å². The van der Waals surface area contributed by atoms with Crippen LogP contribution < -0.4 is 5.32 Å². The minimum Gasteiger partial charge on any atom is -0.374 e. The minimum absolute atomic E-state index is 0. The average Bonchev–Trinajstić information content (AvgIpc) is 2.97. The lowest BCUT2D eigenvalue weighted by Crippen LogP contribution is -2.50. The van der Waals surface area contributed by atoms with E-state index >= 15 is 0 Å². The second-order valence-corrected chi connectivity index (χ2v) is 4.74. The van der Waals surface area contributed by atoms with Crippen LogP contribution in [0.2, 0.25) is 0 Å². The molecule has 3 heterocycles. The Morgan fingerprint density at radius 3 is 3.22 bits per heavy atom. The van der Waals surface area contributed by atoms with Gasteiger partial charge in [0.1, 0.15) is 0 Å². The van der Waals surface area contributed by atoms with Crippen molar-refractivity contribution in [1.82, 2.24) is 20.0 Å². The molecule has 0 aromatic carbocycles. The van der Waals surface area contributed by atoms with Crippen LogP contribution in [0.3, 0.4) is 0 Å². The van der Waals surface area contributed by atoms with Crippen LogP contribution in [-0.2, 0) is 17.8 Å². The maximum absolute atomic E-state index is 5.78. The van der Waals surface area contributed by atoms with Crippen molar-refractivity contribution in [2.75, 3.05) is 26.2 Å². The van der Waals surface area contributed by atoms with Gasteiger partial charge in [0.15, 0.2) is 0 Å². The van der Waals surface area contributed by atoms with E-state index in [2.05, 4.69) is 33.0 Å². The van der Waals surface area contributed by atoms with Gasteiger partial charge in [-0.05, 0) is 13.0 Å². The summed E-state index contributed by atoms with van der Waals surface area (Å²) in [5.74, 6) is 0. The molecule has 0 bridgehead atoms. The van der Waals surface area contributed by atoms with Crippen LogP contribution >= 0.6 is 12.4 Å². The highest BCUT2D eigenvalue weighted by molar-refractivity contribution is 5.85. The first-order chi connectivity index (χ1) is 8.38. The third-order valence-electron chi connectivity index (χ3n) is 3.78. The van der Waals surface area contributed by atoms with Crippen LogP contribution in [0.1, 0.15) is 12.6 Å². The molecule has 2 aliphatic heterocycles. The number of nitrogens with one attached hydrogen (secondary N) is 1. The van der Waals surface area contributed by atoms with E-state index in [1.54, 1.807) is 0 Å². The number of halogens is 1. The SMILES string of the molecule is CCn1nccc1CN1CCO[C@H]2CNC[C@H]21.Cl. The lowest BCUT2D eigenvalue weighted by molar-refractivity contribution is -0.0508. The summed E-state index contributed by atoms with van der Waals surface area (Å²) in [5, 5.41) is 7.74. The lowest BCUT2D eigenvalue weighted by atomic mass is 10.1. The Balaban J connectivity index is 0.00000120. The first-order valence-corrected chi connectivity index (χ1v) is 6.45. The smallest absolute Gasteiger partial charge is 0.0867 e. The van der Waals surface area contributed by atoms with Crippen molar-refractivity contribution in [3.63, 3.8) is 0 Å². The molecule has 2 saturated heterocycles. The van der Waals surface area contributed by atoms with E-state index in [0.717, 1.165) is 39.3 Å². The van der Waals surface area contributed by atoms with E-state index in [1.807, 2.05) is 6.20 Å². The Morgan fingerprint density at radius 2 is 2.39 bits per heavy atom. The number of morpholine rings is 1. The molecule has 6 heteroatoms. The number of fused-ring (bicyclic) bond motifs is 1. The largest absolute Gasteiger partial charge is 0.374 e. The third kappa shape index (κ3) is 2.54. The number of rotatable bonds is 3. The van der Waals surface area contributed by atoms with E-state index in [0.29, 0.717) is 12.1 Å². The number of nitrogens with zero attached hydrogens (tertiary/aromatic N) is 3. The van der Waals surface area contributed by atoms with Gasteiger partial charge in [0, 0.05) is 38.9 Å². The number of aryl methyl sites for hydroxylation is 1. The van der Waals surface area contributed by atoms with E-state index in [1.165, 1.54) is 5.69 Å². The number of hydrogen-bond donors (Lipinski definition) is 1. The molecule has 1 aromatic heterocycles. The van der Waals surface area contributed by atoms with Gasteiger partial charge in [-0.1, -0.05) is 0 Å². The molecule has 3 rings (SSSR count).